The molecule has 5 nitrogen and oxygen atoms in total. The molecule has 5 heteroatoms. The van der Waals surface area contributed by atoms with Crippen LogP contribution in [0.15, 0.2) is 67.3 Å². The predicted molar refractivity (Wildman–Crippen MR) is 122 cm³/mol. The molecule has 2 fully saturated rings. The summed E-state index contributed by atoms with van der Waals surface area (Å²) in [5.74, 6) is 0.510. The van der Waals surface area contributed by atoms with Crippen molar-refractivity contribution in [3.05, 3.63) is 78.4 Å². The Balaban J connectivity index is 1.66. The Hall–Kier alpha value is -2.63. The lowest BCUT2D eigenvalue weighted by molar-refractivity contribution is -0.0653. The van der Waals surface area contributed by atoms with Crippen LogP contribution >= 0.6 is 0 Å². The van der Waals surface area contributed by atoms with Gasteiger partial charge in [-0.1, -0.05) is 36.4 Å². The van der Waals surface area contributed by atoms with Gasteiger partial charge in [0.05, 0.1) is 6.10 Å². The lowest BCUT2D eigenvalue weighted by Gasteiger charge is -2.55. The standard InChI is InChI=1S/C26H32N2O3/c1-3-13-28-14-12-26(20-10-7-11-22(29)15-20)17-21(16-24(31-2)23(26)18-28)27-25(30)19-8-5-4-6-9-19/h3-11,15,21,23-24,29H,1,12-14,16-18H2,2H3,(H,27,30)/t21-,23+,24?,26+/m1/s1. The van der Waals surface area contributed by atoms with Crippen molar-refractivity contribution in [1.82, 2.24) is 10.2 Å². The summed E-state index contributed by atoms with van der Waals surface area (Å²) in [6.45, 7) is 6.63. The van der Waals surface area contributed by atoms with Crippen molar-refractivity contribution >= 4 is 5.91 Å². The van der Waals surface area contributed by atoms with Crippen molar-refractivity contribution in [3.8, 4) is 5.75 Å². The van der Waals surface area contributed by atoms with Gasteiger partial charge < -0.3 is 15.2 Å². The highest BCUT2D eigenvalue weighted by Gasteiger charge is 2.52. The third-order valence-corrected chi connectivity index (χ3v) is 7.10. The average Bonchev–Trinajstić information content (AvgIpc) is 2.79. The van der Waals surface area contributed by atoms with Gasteiger partial charge in [0.15, 0.2) is 0 Å². The van der Waals surface area contributed by atoms with E-state index in [0.29, 0.717) is 5.56 Å². The summed E-state index contributed by atoms with van der Waals surface area (Å²) in [7, 11) is 1.77. The number of hydrogen-bond donors (Lipinski definition) is 2. The highest BCUT2D eigenvalue weighted by molar-refractivity contribution is 5.94. The molecule has 2 aromatic carbocycles. The first-order valence-corrected chi connectivity index (χ1v) is 11.1. The van der Waals surface area contributed by atoms with E-state index >= 15 is 0 Å². The molecule has 1 heterocycles. The highest BCUT2D eigenvalue weighted by Crippen LogP contribution is 2.50. The molecule has 31 heavy (non-hydrogen) atoms. The average molecular weight is 421 g/mol. The van der Waals surface area contributed by atoms with E-state index in [1.807, 2.05) is 48.5 Å². The first-order chi connectivity index (χ1) is 15.1. The zero-order chi connectivity index (χ0) is 21.8. The summed E-state index contributed by atoms with van der Waals surface area (Å²) in [4.78, 5) is 15.3. The number of fused-ring (bicyclic) bond motifs is 1. The van der Waals surface area contributed by atoms with E-state index in [1.165, 1.54) is 0 Å². The van der Waals surface area contributed by atoms with Gasteiger partial charge in [0.1, 0.15) is 5.75 Å². The number of phenolic OH excluding ortho intramolecular Hbond substituents is 1. The van der Waals surface area contributed by atoms with Crippen molar-refractivity contribution < 1.29 is 14.6 Å². The molecule has 164 valence electrons. The molecule has 1 amide bonds. The van der Waals surface area contributed by atoms with Crippen molar-refractivity contribution in [1.29, 1.82) is 0 Å². The normalized spacial score (nSPS) is 28.5. The number of carbonyl (C=O) groups is 1. The second-order valence-electron chi connectivity index (χ2n) is 8.86. The Morgan fingerprint density at radius 1 is 1.29 bits per heavy atom. The van der Waals surface area contributed by atoms with Crippen molar-refractivity contribution in [2.24, 2.45) is 5.92 Å². The van der Waals surface area contributed by atoms with Crippen LogP contribution in [0.5, 0.6) is 5.75 Å². The Bertz CT molecular complexity index is 916. The minimum atomic E-state index is -0.163. The van der Waals surface area contributed by atoms with Crippen LogP contribution < -0.4 is 5.32 Å². The molecule has 1 aliphatic heterocycles. The number of nitrogens with one attached hydrogen (secondary N) is 1. The van der Waals surface area contributed by atoms with Gasteiger partial charge >= 0.3 is 0 Å². The molecule has 1 unspecified atom stereocenters. The van der Waals surface area contributed by atoms with Gasteiger partial charge in [0.2, 0.25) is 0 Å². The number of amides is 1. The highest BCUT2D eigenvalue weighted by atomic mass is 16.5. The summed E-state index contributed by atoms with van der Waals surface area (Å²) in [5.41, 5.74) is 1.64. The molecule has 2 N–H and O–H groups in total. The molecular formula is C26H32N2O3. The van der Waals surface area contributed by atoms with E-state index in [-0.39, 0.29) is 35.1 Å². The van der Waals surface area contributed by atoms with E-state index < -0.39 is 0 Å². The van der Waals surface area contributed by atoms with Crippen LogP contribution in [0.25, 0.3) is 0 Å². The Morgan fingerprint density at radius 2 is 2.10 bits per heavy atom. The molecule has 0 bridgehead atoms. The third-order valence-electron chi connectivity index (χ3n) is 7.10. The molecule has 0 aromatic heterocycles. The van der Waals surface area contributed by atoms with Gasteiger partial charge in [-0.05, 0) is 55.6 Å². The number of methoxy groups -OCH3 is 1. The van der Waals surface area contributed by atoms with E-state index in [2.05, 4.69) is 22.9 Å². The number of nitrogens with zero attached hydrogens (tertiary/aromatic N) is 1. The van der Waals surface area contributed by atoms with Crippen molar-refractivity contribution in [3.63, 3.8) is 0 Å². The molecule has 0 spiro atoms. The number of aromatic hydroxyl groups is 1. The van der Waals surface area contributed by atoms with Gasteiger partial charge in [0, 0.05) is 43.1 Å². The van der Waals surface area contributed by atoms with Gasteiger partial charge in [-0.15, -0.1) is 6.58 Å². The van der Waals surface area contributed by atoms with Crippen LogP contribution in [-0.2, 0) is 10.2 Å². The van der Waals surface area contributed by atoms with Crippen LogP contribution in [0.2, 0.25) is 0 Å². The number of ether oxygens (including phenoxy) is 1. The monoisotopic (exact) mass is 420 g/mol. The van der Waals surface area contributed by atoms with Crippen molar-refractivity contribution in [2.75, 3.05) is 26.7 Å². The molecule has 1 saturated heterocycles. The summed E-state index contributed by atoms with van der Waals surface area (Å²) in [6, 6.07) is 17.0. The summed E-state index contributed by atoms with van der Waals surface area (Å²) < 4.78 is 6.02. The van der Waals surface area contributed by atoms with Crippen LogP contribution in [0.3, 0.4) is 0 Å². The fraction of sp³-hybridized carbons (Fsp3) is 0.423. The van der Waals surface area contributed by atoms with Gasteiger partial charge in [-0.25, -0.2) is 0 Å². The number of benzene rings is 2. The molecule has 2 aliphatic rings. The fourth-order valence-corrected chi connectivity index (χ4v) is 5.65. The van der Waals surface area contributed by atoms with E-state index in [4.69, 9.17) is 4.74 Å². The summed E-state index contributed by atoms with van der Waals surface area (Å²) in [6.07, 6.45) is 4.54. The number of likely N-dealkylation sites (tertiary alicyclic amines) is 1. The maximum absolute atomic E-state index is 12.9. The maximum Gasteiger partial charge on any atom is 0.251 e. The Morgan fingerprint density at radius 3 is 2.81 bits per heavy atom. The first kappa shape index (κ1) is 21.6. The molecular weight excluding hydrogens is 388 g/mol. The van der Waals surface area contributed by atoms with E-state index in [9.17, 15) is 9.90 Å². The molecule has 0 radical (unpaired) electrons. The third kappa shape index (κ3) is 4.39. The Kier molecular flexibility index (Phi) is 6.44. The number of hydrogen-bond acceptors (Lipinski definition) is 4. The number of piperidine rings is 1. The van der Waals surface area contributed by atoms with Gasteiger partial charge in [-0.3, -0.25) is 9.69 Å². The summed E-state index contributed by atoms with van der Waals surface area (Å²) in [5, 5.41) is 13.5. The number of carbonyl (C=O) groups excluding carboxylic acids is 1. The van der Waals surface area contributed by atoms with Crippen LogP contribution in [0.4, 0.5) is 0 Å². The SMILES string of the molecule is C=CCN1CC[C@@]2(c3cccc(O)c3)C[C@H](NC(=O)c3ccccc3)CC(OC)[C@@H]2C1. The molecule has 4 rings (SSSR count). The smallest absolute Gasteiger partial charge is 0.251 e. The maximum atomic E-state index is 12.9. The fourth-order valence-electron chi connectivity index (χ4n) is 5.65. The summed E-state index contributed by atoms with van der Waals surface area (Å²) >= 11 is 0. The molecule has 1 saturated carbocycles. The van der Waals surface area contributed by atoms with E-state index in [1.54, 1.807) is 13.2 Å². The minimum Gasteiger partial charge on any atom is -0.508 e. The number of rotatable bonds is 6. The Labute approximate surface area is 184 Å². The molecule has 4 atom stereocenters. The van der Waals surface area contributed by atoms with Crippen LogP contribution in [-0.4, -0.2) is 54.8 Å². The largest absolute Gasteiger partial charge is 0.508 e. The second-order valence-corrected chi connectivity index (χ2v) is 8.86. The molecule has 2 aromatic rings. The predicted octanol–water partition coefficient (Wildman–Crippen LogP) is 3.75. The van der Waals surface area contributed by atoms with E-state index in [0.717, 1.165) is 44.5 Å². The lowest BCUT2D eigenvalue weighted by Crippen LogP contribution is -2.61. The quantitative estimate of drug-likeness (QED) is 0.699. The zero-order valence-electron chi connectivity index (χ0n) is 18.2. The van der Waals surface area contributed by atoms with Crippen LogP contribution in [0.1, 0.15) is 35.2 Å². The minimum absolute atomic E-state index is 0.00205. The second kappa shape index (κ2) is 9.25. The zero-order valence-corrected chi connectivity index (χ0v) is 18.2. The topological polar surface area (TPSA) is 61.8 Å². The first-order valence-electron chi connectivity index (χ1n) is 11.1. The van der Waals surface area contributed by atoms with Gasteiger partial charge in [-0.2, -0.15) is 0 Å². The van der Waals surface area contributed by atoms with Crippen LogP contribution in [0, 0.1) is 5.92 Å². The lowest BCUT2D eigenvalue weighted by atomic mass is 9.57. The number of phenols is 1. The molecule has 1 aliphatic carbocycles. The van der Waals surface area contributed by atoms with Gasteiger partial charge in [0.25, 0.3) is 5.91 Å². The van der Waals surface area contributed by atoms with Crippen molar-refractivity contribution in [2.45, 2.75) is 36.8 Å².